The smallest absolute Gasteiger partial charge is 0.323 e. The van der Waals surface area contributed by atoms with Crippen molar-refractivity contribution in [3.63, 3.8) is 0 Å². The Labute approximate surface area is 154 Å². The van der Waals surface area contributed by atoms with Crippen LogP contribution in [0.3, 0.4) is 0 Å². The Hall–Kier alpha value is -2.58. The summed E-state index contributed by atoms with van der Waals surface area (Å²) in [5.41, 5.74) is -1.65. The Morgan fingerprint density at radius 3 is 2.52 bits per heavy atom. The Morgan fingerprint density at radius 2 is 1.85 bits per heavy atom. The summed E-state index contributed by atoms with van der Waals surface area (Å²) in [5, 5.41) is 4.73. The topological polar surface area (TPSA) is 78.5 Å². The molecule has 1 atom stereocenters. The van der Waals surface area contributed by atoms with Gasteiger partial charge in [0.25, 0.3) is 5.91 Å². The third-order valence-corrected chi connectivity index (χ3v) is 5.33. The van der Waals surface area contributed by atoms with Crippen molar-refractivity contribution in [1.82, 2.24) is 10.2 Å². The lowest BCUT2D eigenvalue weighted by molar-refractivity contribution is -0.135. The summed E-state index contributed by atoms with van der Waals surface area (Å²) in [7, 11) is 0. The molecule has 2 N–H and O–H groups in total. The summed E-state index contributed by atoms with van der Waals surface area (Å²) in [5.74, 6) is -6.07. The fraction of sp³-hybridized carbons (Fsp3) is 0.500. The zero-order valence-electron chi connectivity index (χ0n) is 14.8. The first kappa shape index (κ1) is 19.2. The molecule has 1 aromatic carbocycles. The van der Waals surface area contributed by atoms with Gasteiger partial charge in [0.1, 0.15) is 12.1 Å². The number of rotatable bonds is 4. The van der Waals surface area contributed by atoms with Crippen molar-refractivity contribution in [2.24, 2.45) is 5.92 Å². The number of halogens is 3. The number of nitrogens with one attached hydrogen (secondary N) is 2. The number of amides is 4. The molecule has 4 amide bonds. The molecule has 0 aromatic heterocycles. The van der Waals surface area contributed by atoms with Crippen LogP contribution in [-0.4, -0.2) is 34.8 Å². The second-order valence-electron chi connectivity index (χ2n) is 7.13. The molecule has 27 heavy (non-hydrogen) atoms. The second kappa shape index (κ2) is 7.21. The van der Waals surface area contributed by atoms with Crippen molar-refractivity contribution >= 4 is 23.5 Å². The molecule has 1 aliphatic heterocycles. The molecule has 0 radical (unpaired) electrons. The standard InChI is InChI=1S/C18H20F3N3O3/c1-18(10-5-3-2-4-6-10)16(26)24(17(27)23-18)9-13(25)22-12-8-7-11(19)14(20)15(12)21/h7-8,10H,2-6,9H2,1H3,(H,22,25)(H,23,27). The molecule has 0 bridgehead atoms. The Kier molecular flexibility index (Phi) is 5.12. The van der Waals surface area contributed by atoms with E-state index in [9.17, 15) is 27.6 Å². The van der Waals surface area contributed by atoms with Gasteiger partial charge in [0.15, 0.2) is 17.5 Å². The van der Waals surface area contributed by atoms with Gasteiger partial charge >= 0.3 is 6.03 Å². The molecule has 1 aromatic rings. The third-order valence-electron chi connectivity index (χ3n) is 5.33. The number of nitrogens with zero attached hydrogens (tertiary/aromatic N) is 1. The van der Waals surface area contributed by atoms with Crippen LogP contribution in [0.1, 0.15) is 39.0 Å². The fourth-order valence-electron chi connectivity index (χ4n) is 3.77. The number of carbonyl (C=O) groups excluding carboxylic acids is 3. The molecule has 6 nitrogen and oxygen atoms in total. The summed E-state index contributed by atoms with van der Waals surface area (Å²) >= 11 is 0. The van der Waals surface area contributed by atoms with E-state index < -0.39 is 53.1 Å². The Bertz CT molecular complexity index is 796. The molecule has 146 valence electrons. The first-order valence-electron chi connectivity index (χ1n) is 8.81. The second-order valence-corrected chi connectivity index (χ2v) is 7.13. The molecule has 1 heterocycles. The average molecular weight is 383 g/mol. The van der Waals surface area contributed by atoms with Gasteiger partial charge in [0.05, 0.1) is 5.69 Å². The average Bonchev–Trinajstić information content (AvgIpc) is 2.87. The molecule has 1 aliphatic carbocycles. The normalized spacial score (nSPS) is 23.5. The number of hydrogen-bond acceptors (Lipinski definition) is 3. The van der Waals surface area contributed by atoms with Gasteiger partial charge in [-0.1, -0.05) is 19.3 Å². The molecule has 2 fully saturated rings. The van der Waals surface area contributed by atoms with Gasteiger partial charge in [0.2, 0.25) is 5.91 Å². The van der Waals surface area contributed by atoms with Crippen molar-refractivity contribution in [1.29, 1.82) is 0 Å². The maximum Gasteiger partial charge on any atom is 0.325 e. The van der Waals surface area contributed by atoms with Crippen molar-refractivity contribution in [2.75, 3.05) is 11.9 Å². The van der Waals surface area contributed by atoms with Crippen LogP contribution in [0.15, 0.2) is 12.1 Å². The number of urea groups is 1. The summed E-state index contributed by atoms with van der Waals surface area (Å²) in [4.78, 5) is 37.9. The van der Waals surface area contributed by atoms with Crippen molar-refractivity contribution in [2.45, 2.75) is 44.6 Å². The first-order valence-corrected chi connectivity index (χ1v) is 8.81. The van der Waals surface area contributed by atoms with Crippen LogP contribution in [0.4, 0.5) is 23.7 Å². The summed E-state index contributed by atoms with van der Waals surface area (Å²) in [6, 6.07) is 0.833. The van der Waals surface area contributed by atoms with E-state index in [0.717, 1.165) is 43.1 Å². The van der Waals surface area contributed by atoms with Crippen molar-refractivity contribution in [3.05, 3.63) is 29.6 Å². The molecule has 1 unspecified atom stereocenters. The van der Waals surface area contributed by atoms with Crippen LogP contribution in [0.5, 0.6) is 0 Å². The van der Waals surface area contributed by atoms with Crippen molar-refractivity contribution in [3.8, 4) is 0 Å². The van der Waals surface area contributed by atoms with E-state index >= 15 is 0 Å². The van der Waals surface area contributed by atoms with Gasteiger partial charge in [-0.2, -0.15) is 0 Å². The molecule has 1 saturated heterocycles. The van der Waals surface area contributed by atoms with Crippen LogP contribution in [0.2, 0.25) is 0 Å². The number of benzene rings is 1. The highest BCUT2D eigenvalue weighted by molar-refractivity contribution is 6.10. The molecular formula is C18H20F3N3O3. The largest absolute Gasteiger partial charge is 0.325 e. The van der Waals surface area contributed by atoms with Crippen molar-refractivity contribution < 1.29 is 27.6 Å². The van der Waals surface area contributed by atoms with Gasteiger partial charge in [-0.05, 0) is 37.8 Å². The van der Waals surface area contributed by atoms with E-state index in [-0.39, 0.29) is 5.92 Å². The van der Waals surface area contributed by atoms with Gasteiger partial charge in [-0.3, -0.25) is 14.5 Å². The summed E-state index contributed by atoms with van der Waals surface area (Å²) < 4.78 is 39.9. The fourth-order valence-corrected chi connectivity index (χ4v) is 3.77. The maximum absolute atomic E-state index is 13.7. The Balaban J connectivity index is 1.70. The van der Waals surface area contributed by atoms with Crippen LogP contribution in [0.25, 0.3) is 0 Å². The highest BCUT2D eigenvalue weighted by atomic mass is 19.2. The highest BCUT2D eigenvalue weighted by Crippen LogP contribution is 2.36. The van der Waals surface area contributed by atoms with Crippen LogP contribution >= 0.6 is 0 Å². The first-order chi connectivity index (χ1) is 12.7. The van der Waals surface area contributed by atoms with Crippen LogP contribution in [-0.2, 0) is 9.59 Å². The molecular weight excluding hydrogens is 363 g/mol. The highest BCUT2D eigenvalue weighted by Gasteiger charge is 2.52. The van der Waals surface area contributed by atoms with E-state index in [1.165, 1.54) is 0 Å². The van der Waals surface area contributed by atoms with Gasteiger partial charge in [-0.25, -0.2) is 18.0 Å². The maximum atomic E-state index is 13.7. The lowest BCUT2D eigenvalue weighted by Gasteiger charge is -2.34. The minimum Gasteiger partial charge on any atom is -0.323 e. The summed E-state index contributed by atoms with van der Waals surface area (Å²) in [6.07, 6.45) is 4.64. The molecule has 2 aliphatic rings. The van der Waals surface area contributed by atoms with E-state index in [1.54, 1.807) is 6.92 Å². The predicted molar refractivity (Wildman–Crippen MR) is 90.2 cm³/mol. The van der Waals surface area contributed by atoms with E-state index in [0.29, 0.717) is 6.07 Å². The minimum absolute atomic E-state index is 0.0144. The van der Waals surface area contributed by atoms with E-state index in [1.807, 2.05) is 0 Å². The SMILES string of the molecule is CC1(C2CCCCC2)NC(=O)N(CC(=O)Nc2ccc(F)c(F)c2F)C1=O. The van der Waals surface area contributed by atoms with E-state index in [4.69, 9.17) is 0 Å². The molecule has 1 saturated carbocycles. The lowest BCUT2D eigenvalue weighted by Crippen LogP contribution is -2.51. The number of anilines is 1. The molecule has 3 rings (SSSR count). The molecule has 0 spiro atoms. The number of carbonyl (C=O) groups is 3. The zero-order valence-corrected chi connectivity index (χ0v) is 14.8. The zero-order chi connectivity index (χ0) is 19.8. The summed E-state index contributed by atoms with van der Waals surface area (Å²) in [6.45, 7) is 1.00. The minimum atomic E-state index is -1.72. The monoisotopic (exact) mass is 383 g/mol. The van der Waals surface area contributed by atoms with Gasteiger partial charge < -0.3 is 10.6 Å². The Morgan fingerprint density at radius 1 is 1.19 bits per heavy atom. The molecule has 9 heteroatoms. The third kappa shape index (κ3) is 3.50. The predicted octanol–water partition coefficient (Wildman–Crippen LogP) is 2.93. The van der Waals surface area contributed by atoms with Gasteiger partial charge in [0, 0.05) is 0 Å². The number of imide groups is 1. The lowest BCUT2D eigenvalue weighted by atomic mass is 9.75. The van der Waals surface area contributed by atoms with Gasteiger partial charge in [-0.15, -0.1) is 0 Å². The number of hydrogen-bond donors (Lipinski definition) is 2. The quantitative estimate of drug-likeness (QED) is 0.620. The van der Waals surface area contributed by atoms with Crippen LogP contribution in [0, 0.1) is 23.4 Å². The van der Waals surface area contributed by atoms with E-state index in [2.05, 4.69) is 10.6 Å². The van der Waals surface area contributed by atoms with Crippen LogP contribution < -0.4 is 10.6 Å².